The summed E-state index contributed by atoms with van der Waals surface area (Å²) in [5.74, 6) is 4.63. The molecule has 0 amide bonds. The van der Waals surface area contributed by atoms with Crippen LogP contribution >= 0.6 is 0 Å². The van der Waals surface area contributed by atoms with Crippen molar-refractivity contribution < 1.29 is 14.3 Å². The molecular formula is C31H50O3. The van der Waals surface area contributed by atoms with E-state index < -0.39 is 0 Å². The maximum atomic E-state index is 12.1. The van der Waals surface area contributed by atoms with Gasteiger partial charge in [-0.3, -0.25) is 9.59 Å². The van der Waals surface area contributed by atoms with Gasteiger partial charge >= 0.3 is 5.97 Å². The molecule has 0 aromatic carbocycles. The highest BCUT2D eigenvalue weighted by Crippen LogP contribution is 2.67. The zero-order chi connectivity index (χ0) is 24.7. The first-order valence-electron chi connectivity index (χ1n) is 14.4. The van der Waals surface area contributed by atoms with Gasteiger partial charge in [0, 0.05) is 6.42 Å². The molecule has 0 aromatic heterocycles. The summed E-state index contributed by atoms with van der Waals surface area (Å²) >= 11 is 0. The molecule has 0 N–H and O–H groups in total. The fraction of sp³-hybridized carbons (Fsp3) is 0.871. The van der Waals surface area contributed by atoms with E-state index in [1.807, 2.05) is 0 Å². The molecule has 0 radical (unpaired) electrons. The lowest BCUT2D eigenvalue weighted by Crippen LogP contribution is -2.51. The Balaban J connectivity index is 1.43. The van der Waals surface area contributed by atoms with Crippen LogP contribution in [-0.4, -0.2) is 17.9 Å². The van der Waals surface area contributed by atoms with E-state index in [2.05, 4.69) is 40.7 Å². The molecule has 0 bridgehead atoms. The molecular weight excluding hydrogens is 420 g/mol. The van der Waals surface area contributed by atoms with Crippen molar-refractivity contribution in [2.75, 3.05) is 0 Å². The molecule has 0 unspecified atom stereocenters. The molecule has 3 nitrogen and oxygen atoms in total. The summed E-state index contributed by atoms with van der Waals surface area (Å²) in [4.78, 5) is 23.4. The van der Waals surface area contributed by atoms with Crippen molar-refractivity contribution in [3.63, 3.8) is 0 Å². The first-order chi connectivity index (χ1) is 16.0. The van der Waals surface area contributed by atoms with Crippen LogP contribution in [0.25, 0.3) is 0 Å². The second-order valence-corrected chi connectivity index (χ2v) is 13.5. The number of hydrogen-bond acceptors (Lipinski definition) is 3. The number of hydrogen-bond donors (Lipinski definition) is 0. The summed E-state index contributed by atoms with van der Waals surface area (Å²) in [5, 5.41) is 0. The highest BCUT2D eigenvalue weighted by atomic mass is 16.5. The number of allylic oxidation sites excluding steroid dienone is 1. The van der Waals surface area contributed by atoms with Crippen LogP contribution in [0, 0.1) is 46.3 Å². The molecule has 34 heavy (non-hydrogen) atoms. The van der Waals surface area contributed by atoms with Gasteiger partial charge < -0.3 is 4.74 Å². The number of carbonyl (C=O) groups is 2. The SMILES string of the molecule is CC(=O)CC(=O)O[C@H]1CC[C@@]2(C)C(=CC[C@H]3[C@@H]4CC[C@H]([C@@H](C)CCCC(C)C)[C@@]4(C)CC[C@@H]32)C1. The molecule has 3 fully saturated rings. The summed E-state index contributed by atoms with van der Waals surface area (Å²) < 4.78 is 5.70. The third kappa shape index (κ3) is 4.92. The lowest BCUT2D eigenvalue weighted by atomic mass is 9.47. The quantitative estimate of drug-likeness (QED) is 0.205. The number of Topliss-reactive ketones (excluding diaryl/α,β-unsaturated/α-hetero) is 1. The van der Waals surface area contributed by atoms with Crippen molar-refractivity contribution in [3.8, 4) is 0 Å². The third-order valence-corrected chi connectivity index (χ3v) is 11.0. The monoisotopic (exact) mass is 470 g/mol. The summed E-state index contributed by atoms with van der Waals surface area (Å²) in [7, 11) is 0. The first kappa shape index (κ1) is 26.0. The van der Waals surface area contributed by atoms with Crippen molar-refractivity contribution in [3.05, 3.63) is 11.6 Å². The predicted molar refractivity (Wildman–Crippen MR) is 138 cm³/mol. The Labute approximate surface area is 208 Å². The van der Waals surface area contributed by atoms with Crippen LogP contribution in [-0.2, 0) is 14.3 Å². The zero-order valence-corrected chi connectivity index (χ0v) is 22.8. The minimum absolute atomic E-state index is 0.0425. The molecule has 0 heterocycles. The topological polar surface area (TPSA) is 43.4 Å². The van der Waals surface area contributed by atoms with Crippen LogP contribution < -0.4 is 0 Å². The molecule has 3 saturated carbocycles. The lowest BCUT2D eigenvalue weighted by Gasteiger charge is -2.58. The van der Waals surface area contributed by atoms with Gasteiger partial charge in [-0.2, -0.15) is 0 Å². The van der Waals surface area contributed by atoms with E-state index in [-0.39, 0.29) is 29.7 Å². The van der Waals surface area contributed by atoms with E-state index in [4.69, 9.17) is 4.74 Å². The minimum atomic E-state index is -0.344. The van der Waals surface area contributed by atoms with E-state index in [9.17, 15) is 9.59 Å². The van der Waals surface area contributed by atoms with Gasteiger partial charge in [-0.1, -0.05) is 65.5 Å². The highest BCUT2D eigenvalue weighted by molar-refractivity contribution is 5.94. The molecule has 192 valence electrons. The summed E-state index contributed by atoms with van der Waals surface area (Å²) in [6.45, 7) is 13.9. The number of rotatable bonds is 8. The highest BCUT2D eigenvalue weighted by Gasteiger charge is 2.59. The fourth-order valence-electron chi connectivity index (χ4n) is 9.18. The Morgan fingerprint density at radius 1 is 1.03 bits per heavy atom. The van der Waals surface area contributed by atoms with Gasteiger partial charge in [0.2, 0.25) is 0 Å². The van der Waals surface area contributed by atoms with E-state index in [1.54, 1.807) is 5.57 Å². The average Bonchev–Trinajstić information content (AvgIpc) is 3.10. The van der Waals surface area contributed by atoms with Gasteiger partial charge in [-0.25, -0.2) is 0 Å². The molecule has 4 aliphatic carbocycles. The summed E-state index contributed by atoms with van der Waals surface area (Å²) in [6, 6.07) is 0. The molecule has 3 heteroatoms. The predicted octanol–water partition coefficient (Wildman–Crippen LogP) is 7.92. The van der Waals surface area contributed by atoms with Gasteiger partial charge in [-0.05, 0) is 98.2 Å². The average molecular weight is 471 g/mol. The van der Waals surface area contributed by atoms with Gasteiger partial charge in [-0.15, -0.1) is 0 Å². The summed E-state index contributed by atoms with van der Waals surface area (Å²) in [6.07, 6.45) is 16.4. The standard InChI is InChI=1S/C31H50O3/c1-20(2)8-7-9-21(3)26-12-13-27-25-11-10-23-19-24(34-29(33)18-22(4)32)14-16-30(23,5)28(25)15-17-31(26,27)6/h10,20-21,24-28H,7-9,11-19H2,1-6H3/t21-,24-,25-,26+,27-,28-,30-,31+/m0/s1. The number of ketones is 1. The van der Waals surface area contributed by atoms with Crippen molar-refractivity contribution in [1.29, 1.82) is 0 Å². The lowest BCUT2D eigenvalue weighted by molar-refractivity contribution is -0.153. The third-order valence-electron chi connectivity index (χ3n) is 11.0. The maximum absolute atomic E-state index is 12.1. The van der Waals surface area contributed by atoms with Crippen LogP contribution in [0.5, 0.6) is 0 Å². The molecule has 4 rings (SSSR count). The van der Waals surface area contributed by atoms with E-state index in [0.717, 1.165) is 54.8 Å². The number of esters is 1. The van der Waals surface area contributed by atoms with Crippen molar-refractivity contribution in [2.24, 2.45) is 46.3 Å². The fourth-order valence-corrected chi connectivity index (χ4v) is 9.18. The molecule has 8 atom stereocenters. The van der Waals surface area contributed by atoms with E-state index in [1.165, 1.54) is 58.3 Å². The normalized spacial score (nSPS) is 40.1. The van der Waals surface area contributed by atoms with E-state index in [0.29, 0.717) is 5.41 Å². The van der Waals surface area contributed by atoms with Gasteiger partial charge in [0.05, 0.1) is 0 Å². The Kier molecular flexibility index (Phi) is 7.71. The Morgan fingerprint density at radius 2 is 1.79 bits per heavy atom. The van der Waals surface area contributed by atoms with Crippen LogP contribution in [0.1, 0.15) is 119 Å². The van der Waals surface area contributed by atoms with Gasteiger partial charge in [0.25, 0.3) is 0 Å². The van der Waals surface area contributed by atoms with Crippen LogP contribution in [0.3, 0.4) is 0 Å². The number of fused-ring (bicyclic) bond motifs is 5. The summed E-state index contributed by atoms with van der Waals surface area (Å²) in [5.41, 5.74) is 2.34. The number of ether oxygens (including phenoxy) is 1. The van der Waals surface area contributed by atoms with Crippen molar-refractivity contribution in [1.82, 2.24) is 0 Å². The molecule has 0 spiro atoms. The smallest absolute Gasteiger partial charge is 0.313 e. The Bertz CT molecular complexity index is 796. The van der Waals surface area contributed by atoms with Crippen LogP contribution in [0.15, 0.2) is 11.6 Å². The van der Waals surface area contributed by atoms with Crippen LogP contribution in [0.2, 0.25) is 0 Å². The Morgan fingerprint density at radius 3 is 2.50 bits per heavy atom. The van der Waals surface area contributed by atoms with Gasteiger partial charge in [0.15, 0.2) is 0 Å². The zero-order valence-electron chi connectivity index (χ0n) is 22.8. The second kappa shape index (κ2) is 10.1. The molecule has 0 aliphatic heterocycles. The molecule has 0 aromatic rings. The van der Waals surface area contributed by atoms with E-state index >= 15 is 0 Å². The first-order valence-corrected chi connectivity index (χ1v) is 14.4. The second-order valence-electron chi connectivity index (χ2n) is 13.5. The Hall–Kier alpha value is -1.12. The maximum Gasteiger partial charge on any atom is 0.313 e. The van der Waals surface area contributed by atoms with Gasteiger partial charge in [0.1, 0.15) is 18.3 Å². The number of carbonyl (C=O) groups excluding carboxylic acids is 2. The molecule has 0 saturated heterocycles. The molecule has 4 aliphatic rings. The minimum Gasteiger partial charge on any atom is -0.462 e. The largest absolute Gasteiger partial charge is 0.462 e. The van der Waals surface area contributed by atoms with Crippen LogP contribution in [0.4, 0.5) is 0 Å². The van der Waals surface area contributed by atoms with Crippen molar-refractivity contribution in [2.45, 2.75) is 125 Å². The van der Waals surface area contributed by atoms with Crippen molar-refractivity contribution >= 4 is 11.8 Å².